The molecule has 0 aromatic heterocycles. The Morgan fingerprint density at radius 3 is 1.83 bits per heavy atom. The second-order valence-electron chi connectivity index (χ2n) is 4.81. The standard InChI is InChI=1S/C18H20N2O3/c1-4-17(13-5-9-15(22-2)10-6-13)19-20-18(21)14-7-11-16(23-3)12-8-14/h5-12H,4H2,1-3H3,(H,20,21). The van der Waals surface area contributed by atoms with Crippen LogP contribution < -0.4 is 14.9 Å². The smallest absolute Gasteiger partial charge is 0.271 e. The Morgan fingerprint density at radius 1 is 0.913 bits per heavy atom. The molecule has 0 spiro atoms. The molecule has 0 saturated carbocycles. The molecule has 0 saturated heterocycles. The third-order valence-electron chi connectivity index (χ3n) is 3.40. The normalized spacial score (nSPS) is 11.0. The predicted molar refractivity (Wildman–Crippen MR) is 90.3 cm³/mol. The highest BCUT2D eigenvalue weighted by Gasteiger charge is 2.06. The number of benzene rings is 2. The molecule has 2 rings (SSSR count). The average molecular weight is 312 g/mol. The van der Waals surface area contributed by atoms with Crippen molar-refractivity contribution >= 4 is 11.6 Å². The summed E-state index contributed by atoms with van der Waals surface area (Å²) in [5.41, 5.74) is 4.87. The molecule has 23 heavy (non-hydrogen) atoms. The number of methoxy groups -OCH3 is 2. The second kappa shape index (κ2) is 7.98. The SMILES string of the molecule is CCC(=NNC(=O)c1ccc(OC)cc1)c1ccc(OC)cc1. The molecule has 0 heterocycles. The van der Waals surface area contributed by atoms with Crippen LogP contribution in [0.5, 0.6) is 11.5 Å². The zero-order chi connectivity index (χ0) is 16.7. The quantitative estimate of drug-likeness (QED) is 0.658. The van der Waals surface area contributed by atoms with Crippen LogP contribution >= 0.6 is 0 Å². The fraction of sp³-hybridized carbons (Fsp3) is 0.222. The van der Waals surface area contributed by atoms with Crippen LogP contribution in [-0.2, 0) is 0 Å². The number of amides is 1. The minimum Gasteiger partial charge on any atom is -0.497 e. The molecule has 2 aromatic rings. The van der Waals surface area contributed by atoms with E-state index in [0.717, 1.165) is 17.0 Å². The minimum atomic E-state index is -0.257. The number of nitrogens with one attached hydrogen (secondary N) is 1. The highest BCUT2D eigenvalue weighted by atomic mass is 16.5. The molecule has 5 heteroatoms. The van der Waals surface area contributed by atoms with Crippen molar-refractivity contribution < 1.29 is 14.3 Å². The molecule has 2 aromatic carbocycles. The van der Waals surface area contributed by atoms with Crippen LogP contribution in [0, 0.1) is 0 Å². The first-order valence-electron chi connectivity index (χ1n) is 7.33. The summed E-state index contributed by atoms with van der Waals surface area (Å²) in [6.45, 7) is 1.99. The Kier molecular flexibility index (Phi) is 5.74. The highest BCUT2D eigenvalue weighted by molar-refractivity contribution is 6.02. The molecule has 0 fully saturated rings. The molecular weight excluding hydrogens is 292 g/mol. The number of ether oxygens (including phenoxy) is 2. The minimum absolute atomic E-state index is 0.257. The summed E-state index contributed by atoms with van der Waals surface area (Å²) in [4.78, 5) is 12.1. The van der Waals surface area contributed by atoms with Gasteiger partial charge in [0.1, 0.15) is 11.5 Å². The number of hydrazone groups is 1. The van der Waals surface area contributed by atoms with Crippen LogP contribution in [0.3, 0.4) is 0 Å². The topological polar surface area (TPSA) is 59.9 Å². The third-order valence-corrected chi connectivity index (χ3v) is 3.40. The van der Waals surface area contributed by atoms with Crippen molar-refractivity contribution in [3.05, 3.63) is 59.7 Å². The monoisotopic (exact) mass is 312 g/mol. The molecule has 0 bridgehead atoms. The van der Waals surface area contributed by atoms with Crippen molar-refractivity contribution in [3.63, 3.8) is 0 Å². The molecule has 1 N–H and O–H groups in total. The van der Waals surface area contributed by atoms with E-state index < -0.39 is 0 Å². The van der Waals surface area contributed by atoms with Crippen LogP contribution in [-0.4, -0.2) is 25.8 Å². The fourth-order valence-electron chi connectivity index (χ4n) is 2.06. The summed E-state index contributed by atoms with van der Waals surface area (Å²) < 4.78 is 10.2. The van der Waals surface area contributed by atoms with Crippen molar-refractivity contribution in [3.8, 4) is 11.5 Å². The van der Waals surface area contributed by atoms with Crippen molar-refractivity contribution in [2.24, 2.45) is 5.10 Å². The van der Waals surface area contributed by atoms with Crippen LogP contribution in [0.2, 0.25) is 0 Å². The van der Waals surface area contributed by atoms with E-state index in [2.05, 4.69) is 10.5 Å². The average Bonchev–Trinajstić information content (AvgIpc) is 2.62. The number of hydrogen-bond acceptors (Lipinski definition) is 4. The molecule has 0 aliphatic heterocycles. The lowest BCUT2D eigenvalue weighted by Crippen LogP contribution is -2.19. The largest absolute Gasteiger partial charge is 0.497 e. The van der Waals surface area contributed by atoms with Crippen molar-refractivity contribution in [1.29, 1.82) is 0 Å². The first-order valence-corrected chi connectivity index (χ1v) is 7.33. The Labute approximate surface area is 135 Å². The predicted octanol–water partition coefficient (Wildman–Crippen LogP) is 3.25. The molecule has 120 valence electrons. The molecular formula is C18H20N2O3. The maximum atomic E-state index is 12.1. The van der Waals surface area contributed by atoms with E-state index in [-0.39, 0.29) is 5.91 Å². The van der Waals surface area contributed by atoms with E-state index >= 15 is 0 Å². The maximum absolute atomic E-state index is 12.1. The number of rotatable bonds is 6. The lowest BCUT2D eigenvalue weighted by molar-refractivity contribution is 0.0955. The van der Waals surface area contributed by atoms with Gasteiger partial charge in [-0.2, -0.15) is 5.10 Å². The van der Waals surface area contributed by atoms with Crippen LogP contribution in [0.15, 0.2) is 53.6 Å². The number of carbonyl (C=O) groups is 1. The summed E-state index contributed by atoms with van der Waals surface area (Å²) in [5.74, 6) is 1.23. The summed E-state index contributed by atoms with van der Waals surface area (Å²) in [7, 11) is 3.21. The first kappa shape index (κ1) is 16.5. The van der Waals surface area contributed by atoms with E-state index in [1.807, 2.05) is 31.2 Å². The third kappa shape index (κ3) is 4.32. The summed E-state index contributed by atoms with van der Waals surface area (Å²) in [6.07, 6.45) is 0.704. The van der Waals surface area contributed by atoms with Crippen molar-refractivity contribution in [2.45, 2.75) is 13.3 Å². The molecule has 1 amide bonds. The Morgan fingerprint density at radius 2 is 1.39 bits per heavy atom. The first-order chi connectivity index (χ1) is 11.2. The maximum Gasteiger partial charge on any atom is 0.271 e. The molecule has 0 unspecified atom stereocenters. The Balaban J connectivity index is 2.09. The van der Waals surface area contributed by atoms with Gasteiger partial charge >= 0.3 is 0 Å². The lowest BCUT2D eigenvalue weighted by Gasteiger charge is -2.07. The zero-order valence-electron chi connectivity index (χ0n) is 13.5. The molecule has 0 atom stereocenters. The van der Waals surface area contributed by atoms with E-state index in [0.29, 0.717) is 17.7 Å². The molecule has 0 aliphatic rings. The van der Waals surface area contributed by atoms with E-state index in [1.54, 1.807) is 38.5 Å². The molecule has 5 nitrogen and oxygen atoms in total. The van der Waals surface area contributed by atoms with Gasteiger partial charge in [-0.25, -0.2) is 5.43 Å². The summed E-state index contributed by atoms with van der Waals surface area (Å²) >= 11 is 0. The summed E-state index contributed by atoms with van der Waals surface area (Å²) in [5, 5.41) is 4.23. The van der Waals surface area contributed by atoms with Gasteiger partial charge in [-0.05, 0) is 60.5 Å². The van der Waals surface area contributed by atoms with Gasteiger partial charge in [0, 0.05) is 5.56 Å². The van der Waals surface area contributed by atoms with Gasteiger partial charge in [-0.3, -0.25) is 4.79 Å². The number of carbonyl (C=O) groups excluding carboxylic acids is 1. The van der Waals surface area contributed by atoms with Gasteiger partial charge in [0.25, 0.3) is 5.91 Å². The number of hydrogen-bond donors (Lipinski definition) is 1. The second-order valence-corrected chi connectivity index (χ2v) is 4.81. The molecule has 0 radical (unpaired) electrons. The van der Waals surface area contributed by atoms with E-state index in [9.17, 15) is 4.79 Å². The van der Waals surface area contributed by atoms with Gasteiger partial charge in [-0.15, -0.1) is 0 Å². The van der Waals surface area contributed by atoms with Crippen LogP contribution in [0.4, 0.5) is 0 Å². The Hall–Kier alpha value is -2.82. The van der Waals surface area contributed by atoms with Crippen LogP contribution in [0.1, 0.15) is 29.3 Å². The van der Waals surface area contributed by atoms with Gasteiger partial charge in [0.05, 0.1) is 19.9 Å². The van der Waals surface area contributed by atoms with Gasteiger partial charge in [0.15, 0.2) is 0 Å². The Bertz CT molecular complexity index is 676. The lowest BCUT2D eigenvalue weighted by atomic mass is 10.1. The van der Waals surface area contributed by atoms with Crippen molar-refractivity contribution in [1.82, 2.24) is 5.43 Å². The molecule has 0 aliphatic carbocycles. The number of nitrogens with zero attached hydrogens (tertiary/aromatic N) is 1. The van der Waals surface area contributed by atoms with Gasteiger partial charge in [0.2, 0.25) is 0 Å². The van der Waals surface area contributed by atoms with Crippen LogP contribution in [0.25, 0.3) is 0 Å². The van der Waals surface area contributed by atoms with Crippen molar-refractivity contribution in [2.75, 3.05) is 14.2 Å². The van der Waals surface area contributed by atoms with Gasteiger partial charge < -0.3 is 9.47 Å². The van der Waals surface area contributed by atoms with E-state index in [4.69, 9.17) is 9.47 Å². The summed E-state index contributed by atoms with van der Waals surface area (Å²) in [6, 6.07) is 14.4. The highest BCUT2D eigenvalue weighted by Crippen LogP contribution is 2.14. The van der Waals surface area contributed by atoms with E-state index in [1.165, 1.54) is 0 Å². The zero-order valence-corrected chi connectivity index (χ0v) is 13.5. The van der Waals surface area contributed by atoms with Gasteiger partial charge in [-0.1, -0.05) is 6.92 Å². The fourth-order valence-corrected chi connectivity index (χ4v) is 2.06.